The molecule has 0 spiro atoms. The summed E-state index contributed by atoms with van der Waals surface area (Å²) in [5.41, 5.74) is 10.8. The number of benzene rings is 4. The molecule has 0 aliphatic rings. The normalized spacial score (nSPS) is 13.4. The van der Waals surface area contributed by atoms with Crippen molar-refractivity contribution >= 4 is 71.0 Å². The van der Waals surface area contributed by atoms with Crippen molar-refractivity contribution in [1.29, 1.82) is 0 Å². The van der Waals surface area contributed by atoms with Gasteiger partial charge < -0.3 is 62.6 Å². The predicted molar refractivity (Wildman–Crippen MR) is 352 cm³/mol. The highest BCUT2D eigenvalue weighted by Crippen LogP contribution is 2.32. The monoisotopic (exact) mass is 1240 g/mol. The molecule has 21 nitrogen and oxygen atoms in total. The number of likely N-dealkylation sites (N-methyl/N-ethyl adjacent to an activating group) is 2. The minimum Gasteiger partial charge on any atom is -0.478 e. The highest BCUT2D eigenvalue weighted by atomic mass is 16.5. The number of carboxylic acids is 1. The number of carbonyl (C=O) groups is 9. The summed E-state index contributed by atoms with van der Waals surface area (Å²) >= 11 is 0. The van der Waals surface area contributed by atoms with Gasteiger partial charge in [0.1, 0.15) is 24.7 Å². The molecule has 0 saturated carbocycles. The Balaban J connectivity index is 1.36. The first-order valence-electron chi connectivity index (χ1n) is 30.6. The fourth-order valence-electron chi connectivity index (χ4n) is 10.5. The van der Waals surface area contributed by atoms with Crippen LogP contribution < -0.4 is 47.9 Å². The summed E-state index contributed by atoms with van der Waals surface area (Å²) in [6.45, 7) is 26.5. The summed E-state index contributed by atoms with van der Waals surface area (Å²) in [4.78, 5) is 123. The van der Waals surface area contributed by atoms with E-state index < -0.39 is 88.7 Å². The maximum atomic E-state index is 14.2. The van der Waals surface area contributed by atoms with Crippen molar-refractivity contribution in [1.82, 2.24) is 36.8 Å². The Hall–Kier alpha value is -8.85. The van der Waals surface area contributed by atoms with Gasteiger partial charge in [-0.3, -0.25) is 28.8 Å². The molecule has 488 valence electrons. The lowest BCUT2D eigenvalue weighted by molar-refractivity contribution is -0.141. The van der Waals surface area contributed by atoms with Crippen LogP contribution in [0.25, 0.3) is 6.08 Å². The van der Waals surface area contributed by atoms with E-state index in [1.807, 2.05) is 129 Å². The molecule has 21 heteroatoms. The maximum absolute atomic E-state index is 14.2. The molecule has 90 heavy (non-hydrogen) atoms. The zero-order valence-corrected chi connectivity index (χ0v) is 54.9. The Kier molecular flexibility index (Phi) is 28.0. The number of aryl methyl sites for hydroxylation is 2. The van der Waals surface area contributed by atoms with Gasteiger partial charge >= 0.3 is 18.1 Å². The zero-order chi connectivity index (χ0) is 67.2. The first kappa shape index (κ1) is 73.6. The lowest BCUT2D eigenvalue weighted by Gasteiger charge is -2.40. The lowest BCUT2D eigenvalue weighted by Crippen LogP contribution is -2.61. The number of nitrogens with two attached hydrogens (primary N) is 1. The molecule has 10 N–H and O–H groups in total. The number of hydrogen-bond acceptors (Lipinski definition) is 11. The second-order valence-corrected chi connectivity index (χ2v) is 25.0. The van der Waals surface area contributed by atoms with Crippen LogP contribution in [0.5, 0.6) is 0 Å². The van der Waals surface area contributed by atoms with E-state index in [1.165, 1.54) is 11.8 Å². The standard InChI is InChI=1S/C69H96N10O11/c1-16-47-23-18-19-25-50(47)40-79(54-27-21-20-24-48(54)17-2)57(81)35-34-56(80)76-58(43(5)6)62(83)75-53(26-22-36-72-66(70)88)61(82)74-52-32-28-46(29-33-52)41-90-67(89)73-39-49-30-31-51(37-44(49)7)69(12,13)59(71-14)63(84)77-60(68(9,10)11)64(85)78(15)55(42(3)4)38-45(8)65(86)87/h17-21,23-25,27-33,37-38,42-43,53,55,58-60,71H,2,16,22,26,34-36,39-41H2,1,3-15H3,(H,73,89)(H,74,82)(H,75,83)(H,76,80)(H,77,84)(H,86,87)(H3,70,72,88)/b45-38+/t53-,55+,58-,59?,60+/m0/s1. The fourth-order valence-corrected chi connectivity index (χ4v) is 10.5. The first-order valence-corrected chi connectivity index (χ1v) is 30.6. The van der Waals surface area contributed by atoms with Crippen LogP contribution in [0.3, 0.4) is 0 Å². The molecule has 1 unspecified atom stereocenters. The molecular formula is C69H96N10O11. The fraction of sp³-hybridized carbons (Fsp3) is 0.464. The largest absolute Gasteiger partial charge is 0.478 e. The number of carboxylic acid groups (broad SMARTS) is 1. The molecule has 0 aromatic heterocycles. The smallest absolute Gasteiger partial charge is 0.407 e. The third kappa shape index (κ3) is 21.4. The average molecular weight is 1240 g/mol. The Morgan fingerprint density at radius 3 is 1.98 bits per heavy atom. The van der Waals surface area contributed by atoms with Crippen molar-refractivity contribution in [2.24, 2.45) is 23.0 Å². The Morgan fingerprint density at radius 1 is 0.756 bits per heavy atom. The molecule has 0 fully saturated rings. The molecular weight excluding hydrogens is 1140 g/mol. The number of primary amides is 1. The Morgan fingerprint density at radius 2 is 1.40 bits per heavy atom. The van der Waals surface area contributed by atoms with Crippen molar-refractivity contribution in [2.75, 3.05) is 30.9 Å². The van der Waals surface area contributed by atoms with Crippen molar-refractivity contribution in [2.45, 2.75) is 171 Å². The quantitative estimate of drug-likeness (QED) is 0.0164. The minimum atomic E-state index is -1.12. The number of aliphatic carboxylic acids is 1. The van der Waals surface area contributed by atoms with Gasteiger partial charge in [0, 0.05) is 49.7 Å². The van der Waals surface area contributed by atoms with Gasteiger partial charge in [0.25, 0.3) is 0 Å². The van der Waals surface area contributed by atoms with E-state index in [4.69, 9.17) is 10.5 Å². The molecule has 0 heterocycles. The molecule has 5 atom stereocenters. The molecule has 0 radical (unpaired) electrons. The second-order valence-electron chi connectivity index (χ2n) is 25.0. The Labute approximate surface area is 531 Å². The number of anilines is 2. The van der Waals surface area contributed by atoms with Gasteiger partial charge in [-0.05, 0) is 115 Å². The minimum absolute atomic E-state index is 0.0897. The highest BCUT2D eigenvalue weighted by molar-refractivity contribution is 6.00. The van der Waals surface area contributed by atoms with Gasteiger partial charge in [-0.1, -0.05) is 161 Å². The number of nitrogens with one attached hydrogen (secondary N) is 7. The van der Waals surface area contributed by atoms with Gasteiger partial charge in [0.05, 0.1) is 24.3 Å². The zero-order valence-electron chi connectivity index (χ0n) is 54.9. The third-order valence-corrected chi connectivity index (χ3v) is 16.0. The number of amides is 9. The van der Waals surface area contributed by atoms with E-state index in [0.717, 1.165) is 39.8 Å². The summed E-state index contributed by atoms with van der Waals surface area (Å²) in [7, 11) is 3.30. The second kappa shape index (κ2) is 34.2. The van der Waals surface area contributed by atoms with Crippen LogP contribution in [-0.4, -0.2) is 114 Å². The number of nitrogens with zero attached hydrogens (tertiary/aromatic N) is 2. The van der Waals surface area contributed by atoms with E-state index in [0.29, 0.717) is 16.9 Å². The number of rotatable bonds is 32. The van der Waals surface area contributed by atoms with Gasteiger partial charge in [0.2, 0.25) is 35.4 Å². The number of hydrogen-bond donors (Lipinski definition) is 9. The third-order valence-electron chi connectivity index (χ3n) is 16.0. The van der Waals surface area contributed by atoms with E-state index in [2.05, 4.69) is 43.8 Å². The number of para-hydroxylation sites is 1. The lowest BCUT2D eigenvalue weighted by atomic mass is 9.76. The van der Waals surface area contributed by atoms with Crippen LogP contribution >= 0.6 is 0 Å². The maximum Gasteiger partial charge on any atom is 0.407 e. The molecule has 4 aromatic carbocycles. The molecule has 0 saturated heterocycles. The molecule has 4 aromatic rings. The van der Waals surface area contributed by atoms with E-state index in [1.54, 1.807) is 69.3 Å². The summed E-state index contributed by atoms with van der Waals surface area (Å²) < 4.78 is 5.53. The van der Waals surface area contributed by atoms with Crippen LogP contribution in [0.1, 0.15) is 141 Å². The number of carbonyl (C=O) groups excluding carboxylic acids is 8. The van der Waals surface area contributed by atoms with Gasteiger partial charge in [0.15, 0.2) is 0 Å². The summed E-state index contributed by atoms with van der Waals surface area (Å²) in [6, 6.07) is 22.3. The van der Waals surface area contributed by atoms with Gasteiger partial charge in [-0.25, -0.2) is 14.4 Å². The topological polar surface area (TPSA) is 300 Å². The van der Waals surface area contributed by atoms with Crippen LogP contribution in [-0.2, 0) is 69.8 Å². The molecule has 0 bridgehead atoms. The molecule has 0 aliphatic heterocycles. The Bertz CT molecular complexity index is 3200. The van der Waals surface area contributed by atoms with Crippen LogP contribution in [0.2, 0.25) is 0 Å². The van der Waals surface area contributed by atoms with Crippen LogP contribution in [0, 0.1) is 24.2 Å². The highest BCUT2D eigenvalue weighted by Gasteiger charge is 2.42. The van der Waals surface area contributed by atoms with Gasteiger partial charge in [-0.2, -0.15) is 0 Å². The number of ether oxygens (including phenoxy) is 1. The van der Waals surface area contributed by atoms with Crippen LogP contribution in [0.4, 0.5) is 21.0 Å². The van der Waals surface area contributed by atoms with E-state index in [-0.39, 0.29) is 75.2 Å². The van der Waals surface area contributed by atoms with E-state index >= 15 is 0 Å². The summed E-state index contributed by atoms with van der Waals surface area (Å²) in [5, 5.41) is 29.4. The van der Waals surface area contributed by atoms with Crippen molar-refractivity contribution in [3.63, 3.8) is 0 Å². The molecule has 9 amide bonds. The number of alkyl carbamates (subject to hydrolysis) is 1. The predicted octanol–water partition coefficient (Wildman–Crippen LogP) is 8.56. The summed E-state index contributed by atoms with van der Waals surface area (Å²) in [5.74, 6) is -4.38. The van der Waals surface area contributed by atoms with Crippen molar-refractivity contribution in [3.05, 3.63) is 148 Å². The summed E-state index contributed by atoms with van der Waals surface area (Å²) in [6.07, 6.45) is 3.31. The van der Waals surface area contributed by atoms with Crippen molar-refractivity contribution < 1.29 is 53.0 Å². The van der Waals surface area contributed by atoms with Gasteiger partial charge in [-0.15, -0.1) is 0 Å². The molecule has 4 rings (SSSR count). The van der Waals surface area contributed by atoms with Crippen molar-refractivity contribution in [3.8, 4) is 0 Å². The molecule has 0 aliphatic carbocycles. The van der Waals surface area contributed by atoms with E-state index in [9.17, 15) is 48.3 Å². The SMILES string of the molecule is C=Cc1ccccc1N(Cc1ccccc1CC)C(=O)CCC(=O)N[C@H](C(=O)N[C@@H](CCCNC(N)=O)C(=O)Nc1ccc(COC(=O)NCc2ccc(C(C)(C)C(NC)C(=O)N[C@H](C(=O)N(C)[C@H](/C=C(\C)C(=O)O)C(C)C)C(C)(C)C)cc2C)cc1)C(C)C. The number of urea groups is 1. The average Bonchev–Trinajstić information content (AvgIpc) is 0.985. The van der Waals surface area contributed by atoms with Crippen LogP contribution in [0.15, 0.2) is 109 Å². The first-order chi connectivity index (χ1) is 42.3.